The van der Waals surface area contributed by atoms with Crippen molar-refractivity contribution in [3.8, 4) is 11.5 Å². The molecular formula is C19H20N2O4. The molecule has 1 heterocycles. The highest BCUT2D eigenvalue weighted by Gasteiger charge is 2.21. The Kier molecular flexibility index (Phi) is 5.18. The molecule has 2 aromatic carbocycles. The van der Waals surface area contributed by atoms with Crippen molar-refractivity contribution in [2.24, 2.45) is 0 Å². The molecule has 0 bridgehead atoms. The van der Waals surface area contributed by atoms with E-state index in [1.165, 1.54) is 0 Å². The van der Waals surface area contributed by atoms with Crippen molar-refractivity contribution >= 4 is 23.2 Å². The summed E-state index contributed by atoms with van der Waals surface area (Å²) >= 11 is 0. The Morgan fingerprint density at radius 3 is 2.72 bits per heavy atom. The molecule has 2 amide bonds. The second kappa shape index (κ2) is 7.70. The van der Waals surface area contributed by atoms with Crippen molar-refractivity contribution in [2.75, 3.05) is 30.5 Å². The van der Waals surface area contributed by atoms with Gasteiger partial charge < -0.3 is 19.7 Å². The number of amides is 2. The smallest absolute Gasteiger partial charge is 0.262 e. The van der Waals surface area contributed by atoms with Crippen LogP contribution in [0.3, 0.4) is 0 Å². The van der Waals surface area contributed by atoms with Crippen LogP contribution in [0.25, 0.3) is 0 Å². The number of carbonyl (C=O) groups excluding carboxylic acids is 2. The van der Waals surface area contributed by atoms with Gasteiger partial charge in [-0.3, -0.25) is 9.59 Å². The first kappa shape index (κ1) is 16.8. The second-order valence-electron chi connectivity index (χ2n) is 5.72. The van der Waals surface area contributed by atoms with E-state index in [1.807, 2.05) is 12.1 Å². The van der Waals surface area contributed by atoms with E-state index in [1.54, 1.807) is 48.4 Å². The van der Waals surface area contributed by atoms with Gasteiger partial charge in [0.2, 0.25) is 5.91 Å². The molecule has 1 saturated heterocycles. The maximum absolute atomic E-state index is 12.1. The van der Waals surface area contributed by atoms with Crippen LogP contribution in [0.4, 0.5) is 11.4 Å². The molecule has 2 aromatic rings. The van der Waals surface area contributed by atoms with E-state index in [4.69, 9.17) is 9.47 Å². The van der Waals surface area contributed by atoms with Gasteiger partial charge in [0.05, 0.1) is 7.11 Å². The van der Waals surface area contributed by atoms with Crippen molar-refractivity contribution in [2.45, 2.75) is 12.8 Å². The van der Waals surface area contributed by atoms with Gasteiger partial charge >= 0.3 is 0 Å². The number of nitrogens with one attached hydrogen (secondary N) is 1. The van der Waals surface area contributed by atoms with Gasteiger partial charge in [-0.2, -0.15) is 0 Å². The Bertz CT molecular complexity index is 776. The third-order valence-corrected chi connectivity index (χ3v) is 3.93. The highest BCUT2D eigenvalue weighted by molar-refractivity contribution is 5.97. The van der Waals surface area contributed by atoms with Crippen molar-refractivity contribution in [3.05, 3.63) is 48.5 Å². The fourth-order valence-electron chi connectivity index (χ4n) is 2.71. The molecule has 0 aliphatic carbocycles. The van der Waals surface area contributed by atoms with Crippen molar-refractivity contribution in [1.82, 2.24) is 0 Å². The van der Waals surface area contributed by atoms with Crippen LogP contribution >= 0.6 is 0 Å². The SMILES string of the molecule is COc1cccc(OCC(=O)Nc2cccc(N3CCCC3=O)c2)c1. The zero-order valence-corrected chi connectivity index (χ0v) is 14.0. The standard InChI is InChI=1S/C19H20N2O4/c1-24-16-7-3-8-17(12-16)25-13-18(22)20-14-5-2-6-15(11-14)21-10-4-9-19(21)23/h2-3,5-8,11-12H,4,9-10,13H2,1H3,(H,20,22). The zero-order valence-electron chi connectivity index (χ0n) is 14.0. The second-order valence-corrected chi connectivity index (χ2v) is 5.72. The molecule has 0 radical (unpaired) electrons. The molecular weight excluding hydrogens is 320 g/mol. The molecule has 1 N–H and O–H groups in total. The quantitative estimate of drug-likeness (QED) is 0.878. The fraction of sp³-hybridized carbons (Fsp3) is 0.263. The Morgan fingerprint density at radius 1 is 1.16 bits per heavy atom. The molecule has 6 heteroatoms. The van der Waals surface area contributed by atoms with Crippen LogP contribution in [0.15, 0.2) is 48.5 Å². The first-order valence-electron chi connectivity index (χ1n) is 8.13. The largest absolute Gasteiger partial charge is 0.497 e. The van der Waals surface area contributed by atoms with Crippen LogP contribution in [-0.2, 0) is 9.59 Å². The van der Waals surface area contributed by atoms with Gasteiger partial charge in [-0.1, -0.05) is 12.1 Å². The number of hydrogen-bond acceptors (Lipinski definition) is 4. The summed E-state index contributed by atoms with van der Waals surface area (Å²) < 4.78 is 10.6. The maximum atomic E-state index is 12.1. The van der Waals surface area contributed by atoms with E-state index in [2.05, 4.69) is 5.32 Å². The molecule has 130 valence electrons. The Hall–Kier alpha value is -3.02. The van der Waals surface area contributed by atoms with E-state index in [-0.39, 0.29) is 18.4 Å². The summed E-state index contributed by atoms with van der Waals surface area (Å²) in [5, 5.41) is 2.79. The predicted octanol–water partition coefficient (Wildman–Crippen LogP) is 2.84. The number of nitrogens with zero attached hydrogens (tertiary/aromatic N) is 1. The van der Waals surface area contributed by atoms with Gasteiger partial charge in [0.25, 0.3) is 5.91 Å². The summed E-state index contributed by atoms with van der Waals surface area (Å²) in [6.45, 7) is 0.606. The summed E-state index contributed by atoms with van der Waals surface area (Å²) in [4.78, 5) is 25.7. The third-order valence-electron chi connectivity index (χ3n) is 3.93. The monoisotopic (exact) mass is 340 g/mol. The van der Waals surface area contributed by atoms with Crippen molar-refractivity contribution in [3.63, 3.8) is 0 Å². The maximum Gasteiger partial charge on any atom is 0.262 e. The van der Waals surface area contributed by atoms with Gasteiger partial charge in [-0.25, -0.2) is 0 Å². The highest BCUT2D eigenvalue weighted by Crippen LogP contribution is 2.24. The van der Waals surface area contributed by atoms with Crippen LogP contribution < -0.4 is 19.7 Å². The van der Waals surface area contributed by atoms with Gasteiger partial charge in [0.15, 0.2) is 6.61 Å². The lowest BCUT2D eigenvalue weighted by Gasteiger charge is -2.16. The summed E-state index contributed by atoms with van der Waals surface area (Å²) in [6, 6.07) is 14.3. The van der Waals surface area contributed by atoms with E-state index >= 15 is 0 Å². The van der Waals surface area contributed by atoms with Crippen LogP contribution in [0.2, 0.25) is 0 Å². The van der Waals surface area contributed by atoms with E-state index in [0.717, 1.165) is 18.7 Å². The average Bonchev–Trinajstić information content (AvgIpc) is 3.06. The summed E-state index contributed by atoms with van der Waals surface area (Å²) in [5.41, 5.74) is 1.44. The van der Waals surface area contributed by atoms with E-state index < -0.39 is 0 Å². The minimum absolute atomic E-state index is 0.111. The van der Waals surface area contributed by atoms with Crippen LogP contribution in [-0.4, -0.2) is 32.1 Å². The Labute approximate surface area is 146 Å². The van der Waals surface area contributed by atoms with Crippen molar-refractivity contribution in [1.29, 1.82) is 0 Å². The predicted molar refractivity (Wildman–Crippen MR) is 95.1 cm³/mol. The molecule has 1 fully saturated rings. The Morgan fingerprint density at radius 2 is 1.96 bits per heavy atom. The molecule has 25 heavy (non-hydrogen) atoms. The molecule has 1 aliphatic rings. The molecule has 1 aliphatic heterocycles. The Balaban J connectivity index is 1.58. The lowest BCUT2D eigenvalue weighted by Crippen LogP contribution is -2.24. The molecule has 6 nitrogen and oxygen atoms in total. The zero-order chi connectivity index (χ0) is 17.6. The van der Waals surface area contributed by atoms with Crippen molar-refractivity contribution < 1.29 is 19.1 Å². The topological polar surface area (TPSA) is 67.9 Å². The first-order valence-corrected chi connectivity index (χ1v) is 8.13. The number of hydrogen-bond donors (Lipinski definition) is 1. The first-order chi connectivity index (χ1) is 12.2. The van der Waals surface area contributed by atoms with Gasteiger partial charge in [-0.15, -0.1) is 0 Å². The number of ether oxygens (including phenoxy) is 2. The average molecular weight is 340 g/mol. The minimum atomic E-state index is -0.271. The summed E-state index contributed by atoms with van der Waals surface area (Å²) in [6.07, 6.45) is 1.44. The van der Waals surface area contributed by atoms with Crippen LogP contribution in [0.5, 0.6) is 11.5 Å². The number of anilines is 2. The molecule has 0 spiro atoms. The van der Waals surface area contributed by atoms with Crippen LogP contribution in [0, 0.1) is 0 Å². The van der Waals surface area contributed by atoms with Gasteiger partial charge in [-0.05, 0) is 36.8 Å². The molecule has 0 atom stereocenters. The molecule has 0 saturated carbocycles. The number of benzene rings is 2. The fourth-order valence-corrected chi connectivity index (χ4v) is 2.71. The normalized spacial score (nSPS) is 13.6. The van der Waals surface area contributed by atoms with Gasteiger partial charge in [0.1, 0.15) is 11.5 Å². The number of methoxy groups -OCH3 is 1. The molecule has 3 rings (SSSR count). The van der Waals surface area contributed by atoms with Crippen LogP contribution in [0.1, 0.15) is 12.8 Å². The molecule has 0 unspecified atom stereocenters. The summed E-state index contributed by atoms with van der Waals surface area (Å²) in [5.74, 6) is 1.07. The summed E-state index contributed by atoms with van der Waals surface area (Å²) in [7, 11) is 1.57. The molecule has 0 aromatic heterocycles. The lowest BCUT2D eigenvalue weighted by atomic mass is 10.2. The highest BCUT2D eigenvalue weighted by atomic mass is 16.5. The lowest BCUT2D eigenvalue weighted by molar-refractivity contribution is -0.118. The van der Waals surface area contributed by atoms with E-state index in [9.17, 15) is 9.59 Å². The minimum Gasteiger partial charge on any atom is -0.497 e. The number of carbonyl (C=O) groups is 2. The van der Waals surface area contributed by atoms with Gasteiger partial charge in [0, 0.05) is 30.4 Å². The third kappa shape index (κ3) is 4.29. The number of rotatable bonds is 6. The van der Waals surface area contributed by atoms with E-state index in [0.29, 0.717) is 23.6 Å².